The predicted molar refractivity (Wildman–Crippen MR) is 143 cm³/mol. The Bertz CT molecular complexity index is 1270. The molecule has 2 aromatic carbocycles. The fraction of sp³-hybridized carbons (Fsp3) is 0.357. The number of ketones is 2. The highest BCUT2D eigenvalue weighted by Gasteiger charge is 2.25. The summed E-state index contributed by atoms with van der Waals surface area (Å²) in [7, 11) is 1.43. The van der Waals surface area contributed by atoms with Crippen LogP contribution in [0, 0.1) is 17.6 Å². The average Bonchev–Trinajstić information content (AvgIpc) is 2.88. The molecule has 0 spiro atoms. The number of carbonyl (C=O) groups excluding carboxylic acids is 5. The Morgan fingerprint density at radius 3 is 2.00 bits per heavy atom. The van der Waals surface area contributed by atoms with Crippen LogP contribution in [0.15, 0.2) is 36.4 Å². The van der Waals surface area contributed by atoms with Crippen molar-refractivity contribution in [2.45, 2.75) is 40.2 Å². The van der Waals surface area contributed by atoms with E-state index in [0.717, 1.165) is 25.1 Å². The second-order valence-electron chi connectivity index (χ2n) is 9.10. The number of hydrogen-bond donors (Lipinski definition) is 4. The van der Waals surface area contributed by atoms with Crippen LogP contribution in [0.3, 0.4) is 0 Å². The van der Waals surface area contributed by atoms with Gasteiger partial charge in [-0.25, -0.2) is 8.78 Å². The second kappa shape index (κ2) is 16.4. The van der Waals surface area contributed by atoms with Crippen LogP contribution >= 0.6 is 0 Å². The Balaban J connectivity index is 0.00000196. The van der Waals surface area contributed by atoms with E-state index in [2.05, 4.69) is 16.0 Å². The van der Waals surface area contributed by atoms with Gasteiger partial charge in [-0.3, -0.25) is 28.8 Å². The number of methoxy groups -OCH3 is 1. The Morgan fingerprint density at radius 1 is 0.927 bits per heavy atom. The number of carbonyl (C=O) groups is 6. The van der Waals surface area contributed by atoms with Crippen LogP contribution in [0.1, 0.15) is 54.0 Å². The maximum absolute atomic E-state index is 13.7. The van der Waals surface area contributed by atoms with E-state index in [-0.39, 0.29) is 18.1 Å². The van der Waals surface area contributed by atoms with Gasteiger partial charge in [0.15, 0.2) is 11.6 Å². The van der Waals surface area contributed by atoms with Crippen LogP contribution in [0.4, 0.5) is 8.78 Å². The standard InChI is InChI=1S/C26H29F2N3O6.C2H4O2/c1-14(2)24(31-22(34)11-17-10-16(15(3)32)8-9-21(17)37-4)26(36)30-13-18(33)12-29-25(35)23-19(27)6-5-7-20(23)28;1-2(3)4/h5-10,14,24H,11-13H2,1-4H3,(H,29,35)(H,30,36)(H,31,34);1H3,(H,3,4). The van der Waals surface area contributed by atoms with E-state index >= 15 is 0 Å². The van der Waals surface area contributed by atoms with Gasteiger partial charge in [0, 0.05) is 18.1 Å². The minimum Gasteiger partial charge on any atom is -0.496 e. The molecular formula is C28H33F2N3O8. The molecule has 0 aromatic heterocycles. The number of ether oxygens (including phenoxy) is 1. The van der Waals surface area contributed by atoms with Crippen LogP contribution in [-0.4, -0.2) is 66.6 Å². The first-order valence-electron chi connectivity index (χ1n) is 12.4. The molecular weight excluding hydrogens is 544 g/mol. The lowest BCUT2D eigenvalue weighted by molar-refractivity contribution is -0.134. The summed E-state index contributed by atoms with van der Waals surface area (Å²) < 4.78 is 32.6. The molecule has 11 nitrogen and oxygen atoms in total. The van der Waals surface area contributed by atoms with Crippen molar-refractivity contribution >= 4 is 35.3 Å². The number of carboxylic acid groups (broad SMARTS) is 1. The van der Waals surface area contributed by atoms with Gasteiger partial charge in [0.25, 0.3) is 11.9 Å². The van der Waals surface area contributed by atoms with Gasteiger partial charge in [-0.2, -0.15) is 0 Å². The van der Waals surface area contributed by atoms with Crippen molar-refractivity contribution < 1.29 is 47.4 Å². The molecule has 1 unspecified atom stereocenters. The maximum atomic E-state index is 13.7. The number of amides is 3. The van der Waals surface area contributed by atoms with Gasteiger partial charge in [-0.1, -0.05) is 19.9 Å². The van der Waals surface area contributed by atoms with E-state index in [1.807, 2.05) is 0 Å². The van der Waals surface area contributed by atoms with Crippen molar-refractivity contribution in [2.75, 3.05) is 20.2 Å². The Morgan fingerprint density at radius 2 is 1.49 bits per heavy atom. The summed E-state index contributed by atoms with van der Waals surface area (Å²) in [4.78, 5) is 70.1. The highest BCUT2D eigenvalue weighted by molar-refractivity contribution is 5.98. The van der Waals surface area contributed by atoms with Crippen LogP contribution in [0.5, 0.6) is 5.75 Å². The molecule has 13 heteroatoms. The molecule has 2 aromatic rings. The molecule has 2 rings (SSSR count). The molecule has 222 valence electrons. The minimum absolute atomic E-state index is 0.154. The lowest BCUT2D eigenvalue weighted by atomic mass is 10.0. The number of halogens is 2. The average molecular weight is 578 g/mol. The smallest absolute Gasteiger partial charge is 0.300 e. The maximum Gasteiger partial charge on any atom is 0.300 e. The van der Waals surface area contributed by atoms with Crippen molar-refractivity contribution in [3.8, 4) is 5.75 Å². The number of aliphatic carboxylic acids is 1. The number of rotatable bonds is 12. The van der Waals surface area contributed by atoms with Gasteiger partial charge in [-0.05, 0) is 43.2 Å². The van der Waals surface area contributed by atoms with Crippen LogP contribution in [-0.2, 0) is 25.6 Å². The highest BCUT2D eigenvalue weighted by atomic mass is 19.1. The van der Waals surface area contributed by atoms with Crippen molar-refractivity contribution in [2.24, 2.45) is 5.92 Å². The summed E-state index contributed by atoms with van der Waals surface area (Å²) in [5.74, 6) is -5.94. The van der Waals surface area contributed by atoms with Crippen molar-refractivity contribution in [3.63, 3.8) is 0 Å². The molecule has 0 fully saturated rings. The lowest BCUT2D eigenvalue weighted by Crippen LogP contribution is -2.51. The summed E-state index contributed by atoms with van der Waals surface area (Å²) >= 11 is 0. The van der Waals surface area contributed by atoms with Crippen molar-refractivity contribution in [3.05, 3.63) is 64.7 Å². The van der Waals surface area contributed by atoms with E-state index in [0.29, 0.717) is 16.9 Å². The molecule has 0 aliphatic carbocycles. The number of benzene rings is 2. The van der Waals surface area contributed by atoms with Crippen LogP contribution in [0.2, 0.25) is 0 Å². The van der Waals surface area contributed by atoms with Gasteiger partial charge in [0.2, 0.25) is 11.8 Å². The topological polar surface area (TPSA) is 168 Å². The van der Waals surface area contributed by atoms with Gasteiger partial charge < -0.3 is 25.8 Å². The molecule has 3 amide bonds. The Hall–Kier alpha value is -4.68. The largest absolute Gasteiger partial charge is 0.496 e. The molecule has 0 saturated carbocycles. The fourth-order valence-corrected chi connectivity index (χ4v) is 3.41. The molecule has 0 bridgehead atoms. The van der Waals surface area contributed by atoms with Gasteiger partial charge in [0.05, 0.1) is 26.6 Å². The lowest BCUT2D eigenvalue weighted by Gasteiger charge is -2.22. The Labute approximate surface area is 235 Å². The third-order valence-corrected chi connectivity index (χ3v) is 5.40. The van der Waals surface area contributed by atoms with E-state index in [1.54, 1.807) is 32.0 Å². The monoisotopic (exact) mass is 577 g/mol. The zero-order valence-corrected chi connectivity index (χ0v) is 23.3. The quantitative estimate of drug-likeness (QED) is 0.278. The molecule has 0 saturated heterocycles. The summed E-state index contributed by atoms with van der Waals surface area (Å²) in [5.41, 5.74) is 0.0605. The second-order valence-corrected chi connectivity index (χ2v) is 9.10. The molecule has 41 heavy (non-hydrogen) atoms. The van der Waals surface area contributed by atoms with Gasteiger partial charge in [-0.15, -0.1) is 0 Å². The van der Waals surface area contributed by atoms with E-state index in [9.17, 15) is 32.8 Å². The number of Topliss-reactive ketones (excluding diaryl/α,β-unsaturated/α-hetero) is 2. The number of hydrogen-bond acceptors (Lipinski definition) is 7. The van der Waals surface area contributed by atoms with Gasteiger partial charge in [0.1, 0.15) is 29.0 Å². The predicted octanol–water partition coefficient (Wildman–Crippen LogP) is 2.07. The Kier molecular flexibility index (Phi) is 13.8. The molecule has 0 aliphatic heterocycles. The minimum atomic E-state index is -1.10. The first kappa shape index (κ1) is 34.3. The van der Waals surface area contributed by atoms with Crippen molar-refractivity contribution in [1.82, 2.24) is 16.0 Å². The normalized spacial score (nSPS) is 10.9. The van der Waals surface area contributed by atoms with E-state index in [4.69, 9.17) is 14.6 Å². The SMILES string of the molecule is CC(=O)O.COc1ccc(C(C)=O)cc1CC(=O)NC(C(=O)NCC(=O)CNC(=O)c1c(F)cccc1F)C(C)C. The zero-order valence-electron chi connectivity index (χ0n) is 23.3. The summed E-state index contributed by atoms with van der Waals surface area (Å²) in [6.45, 7) is 4.83. The molecule has 4 N–H and O–H groups in total. The third kappa shape index (κ3) is 11.5. The highest BCUT2D eigenvalue weighted by Crippen LogP contribution is 2.21. The summed E-state index contributed by atoms with van der Waals surface area (Å²) in [6.07, 6.45) is -0.154. The molecule has 0 aliphatic rings. The van der Waals surface area contributed by atoms with Crippen LogP contribution in [0.25, 0.3) is 0 Å². The summed E-state index contributed by atoms with van der Waals surface area (Å²) in [6, 6.07) is 6.66. The molecule has 0 radical (unpaired) electrons. The molecule has 1 atom stereocenters. The summed E-state index contributed by atoms with van der Waals surface area (Å²) in [5, 5.41) is 14.5. The molecule has 0 heterocycles. The van der Waals surface area contributed by atoms with E-state index < -0.39 is 65.8 Å². The van der Waals surface area contributed by atoms with Crippen LogP contribution < -0.4 is 20.7 Å². The van der Waals surface area contributed by atoms with E-state index in [1.165, 1.54) is 14.0 Å². The van der Waals surface area contributed by atoms with Crippen molar-refractivity contribution in [1.29, 1.82) is 0 Å². The number of carboxylic acids is 1. The first-order chi connectivity index (χ1) is 19.2. The fourth-order valence-electron chi connectivity index (χ4n) is 3.41. The number of nitrogens with one attached hydrogen (secondary N) is 3. The third-order valence-electron chi connectivity index (χ3n) is 5.40. The first-order valence-corrected chi connectivity index (χ1v) is 12.4. The van der Waals surface area contributed by atoms with Gasteiger partial charge >= 0.3 is 0 Å². The zero-order chi connectivity index (χ0) is 31.3.